The van der Waals surface area contributed by atoms with E-state index in [0.29, 0.717) is 0 Å². The Kier molecular flexibility index (Phi) is 5.54. The molecular formula is C6H12N4O2. The molecule has 0 aliphatic carbocycles. The molecule has 0 saturated carbocycles. The average molecular weight is 172 g/mol. The normalized spacial score (nSPS) is 13.8. The van der Waals surface area contributed by atoms with Crippen LogP contribution in [0.5, 0.6) is 0 Å². The van der Waals surface area contributed by atoms with Gasteiger partial charge in [0, 0.05) is 7.05 Å². The Bertz CT molecular complexity index is 190. The minimum absolute atomic E-state index is 0.0554. The molecule has 0 aliphatic heterocycles. The van der Waals surface area contributed by atoms with E-state index in [0.717, 1.165) is 0 Å². The number of rotatable bonds is 5. The first-order chi connectivity index (χ1) is 5.68. The van der Waals surface area contributed by atoms with E-state index < -0.39 is 12.0 Å². The zero-order chi connectivity index (χ0) is 9.40. The van der Waals surface area contributed by atoms with Crippen molar-refractivity contribution in [2.45, 2.75) is 6.04 Å². The zero-order valence-corrected chi connectivity index (χ0v) is 6.77. The van der Waals surface area contributed by atoms with Gasteiger partial charge < -0.3 is 16.2 Å². The maximum absolute atomic E-state index is 10.2. The van der Waals surface area contributed by atoms with Gasteiger partial charge in [-0.2, -0.15) is 0 Å². The van der Waals surface area contributed by atoms with E-state index in [-0.39, 0.29) is 6.54 Å². The Morgan fingerprint density at radius 2 is 2.42 bits per heavy atom. The third-order valence-corrected chi connectivity index (χ3v) is 0.989. The van der Waals surface area contributed by atoms with Crippen LogP contribution in [0.15, 0.2) is 9.98 Å². The highest BCUT2D eigenvalue weighted by Gasteiger charge is 2.08. The molecule has 0 fully saturated rings. The molecule has 0 rings (SSSR count). The van der Waals surface area contributed by atoms with Crippen molar-refractivity contribution in [1.82, 2.24) is 5.32 Å². The summed E-state index contributed by atoms with van der Waals surface area (Å²) >= 11 is 0. The number of hydrogen-bond acceptors (Lipinski definition) is 4. The van der Waals surface area contributed by atoms with Crippen LogP contribution in [-0.4, -0.2) is 43.4 Å². The van der Waals surface area contributed by atoms with Crippen LogP contribution >= 0.6 is 0 Å². The highest BCUT2D eigenvalue weighted by Crippen LogP contribution is 1.78. The van der Waals surface area contributed by atoms with Crippen LogP contribution in [0.25, 0.3) is 0 Å². The Hall–Kier alpha value is -1.43. The molecule has 0 heterocycles. The summed E-state index contributed by atoms with van der Waals surface area (Å²) < 4.78 is 0. The number of nitrogens with zero attached hydrogens (tertiary/aromatic N) is 2. The molecule has 68 valence electrons. The molecule has 1 unspecified atom stereocenters. The van der Waals surface area contributed by atoms with Crippen molar-refractivity contribution >= 4 is 18.6 Å². The van der Waals surface area contributed by atoms with Gasteiger partial charge in [-0.25, -0.2) is 0 Å². The van der Waals surface area contributed by atoms with Crippen molar-refractivity contribution in [3.63, 3.8) is 0 Å². The first kappa shape index (κ1) is 10.6. The summed E-state index contributed by atoms with van der Waals surface area (Å²) in [6.07, 6.45) is 2.77. The summed E-state index contributed by atoms with van der Waals surface area (Å²) in [6.45, 7) is 0.0554. The molecule has 0 amide bonds. The SMILES string of the molecule is CN=CNC=NCC(N)C(=O)O. The van der Waals surface area contributed by atoms with Crippen LogP contribution in [0.3, 0.4) is 0 Å². The summed E-state index contributed by atoms with van der Waals surface area (Å²) in [5, 5.41) is 10.9. The van der Waals surface area contributed by atoms with Crippen LogP contribution in [0, 0.1) is 0 Å². The minimum Gasteiger partial charge on any atom is -0.480 e. The predicted molar refractivity (Wildman–Crippen MR) is 46.5 cm³/mol. The lowest BCUT2D eigenvalue weighted by Gasteiger charge is -1.99. The van der Waals surface area contributed by atoms with Crippen molar-refractivity contribution < 1.29 is 9.90 Å². The zero-order valence-electron chi connectivity index (χ0n) is 6.77. The van der Waals surface area contributed by atoms with Gasteiger partial charge in [0.25, 0.3) is 0 Å². The Labute approximate surface area is 70.2 Å². The highest BCUT2D eigenvalue weighted by atomic mass is 16.4. The van der Waals surface area contributed by atoms with E-state index in [1.54, 1.807) is 7.05 Å². The monoisotopic (exact) mass is 172 g/mol. The Morgan fingerprint density at radius 1 is 1.75 bits per heavy atom. The van der Waals surface area contributed by atoms with Gasteiger partial charge in [0.2, 0.25) is 0 Å². The molecule has 0 aromatic rings. The molecule has 6 heteroatoms. The summed E-state index contributed by atoms with van der Waals surface area (Å²) in [5.74, 6) is -1.06. The van der Waals surface area contributed by atoms with Crippen LogP contribution < -0.4 is 11.1 Å². The molecule has 0 aromatic heterocycles. The smallest absolute Gasteiger partial charge is 0.322 e. The Balaban J connectivity index is 3.53. The largest absolute Gasteiger partial charge is 0.480 e. The maximum atomic E-state index is 10.2. The van der Waals surface area contributed by atoms with Gasteiger partial charge in [0.15, 0.2) is 0 Å². The van der Waals surface area contributed by atoms with Gasteiger partial charge in [-0.05, 0) is 0 Å². The second-order valence-electron chi connectivity index (χ2n) is 1.99. The molecule has 4 N–H and O–H groups in total. The van der Waals surface area contributed by atoms with E-state index in [1.807, 2.05) is 0 Å². The average Bonchev–Trinajstić information content (AvgIpc) is 2.03. The van der Waals surface area contributed by atoms with Crippen molar-refractivity contribution in [1.29, 1.82) is 0 Å². The number of nitrogens with two attached hydrogens (primary N) is 1. The van der Waals surface area contributed by atoms with Crippen LogP contribution in [0.1, 0.15) is 0 Å². The van der Waals surface area contributed by atoms with Crippen molar-refractivity contribution in [3.8, 4) is 0 Å². The van der Waals surface area contributed by atoms with E-state index in [1.165, 1.54) is 12.7 Å². The first-order valence-electron chi connectivity index (χ1n) is 3.32. The molecule has 0 spiro atoms. The fourth-order valence-electron chi connectivity index (χ4n) is 0.405. The minimum atomic E-state index is -1.06. The van der Waals surface area contributed by atoms with Crippen molar-refractivity contribution in [3.05, 3.63) is 0 Å². The van der Waals surface area contributed by atoms with Gasteiger partial charge in [-0.15, -0.1) is 0 Å². The number of carboxylic acid groups (broad SMARTS) is 1. The number of carboxylic acids is 1. The lowest BCUT2D eigenvalue weighted by Crippen LogP contribution is -2.33. The molecule has 0 aliphatic rings. The fourth-order valence-corrected chi connectivity index (χ4v) is 0.405. The molecular weight excluding hydrogens is 160 g/mol. The number of carbonyl (C=O) groups is 1. The second-order valence-corrected chi connectivity index (χ2v) is 1.99. The Morgan fingerprint density at radius 3 is 2.92 bits per heavy atom. The van der Waals surface area contributed by atoms with Crippen LogP contribution in [0.2, 0.25) is 0 Å². The van der Waals surface area contributed by atoms with Gasteiger partial charge in [-0.1, -0.05) is 0 Å². The number of aliphatic carboxylic acids is 1. The first-order valence-corrected chi connectivity index (χ1v) is 3.32. The summed E-state index contributed by atoms with van der Waals surface area (Å²) in [7, 11) is 1.60. The fraction of sp³-hybridized carbons (Fsp3) is 0.500. The lowest BCUT2D eigenvalue weighted by atomic mass is 10.3. The van der Waals surface area contributed by atoms with E-state index in [4.69, 9.17) is 10.8 Å². The molecule has 0 radical (unpaired) electrons. The number of aliphatic imine (C=N–C) groups is 2. The van der Waals surface area contributed by atoms with Crippen LogP contribution in [0.4, 0.5) is 0 Å². The topological polar surface area (TPSA) is 100 Å². The van der Waals surface area contributed by atoms with Crippen molar-refractivity contribution in [2.75, 3.05) is 13.6 Å². The highest BCUT2D eigenvalue weighted by molar-refractivity contribution is 5.76. The summed E-state index contributed by atoms with van der Waals surface area (Å²) in [5.41, 5.74) is 5.16. The third-order valence-electron chi connectivity index (χ3n) is 0.989. The summed E-state index contributed by atoms with van der Waals surface area (Å²) in [4.78, 5) is 17.5. The quantitative estimate of drug-likeness (QED) is 0.353. The standard InChI is InChI=1S/C6H12N4O2/c1-8-3-10-4-9-2-5(7)6(11)12/h3-5H,2,7H2,1H3,(H,11,12)(H,8,9,10). The molecule has 0 saturated heterocycles. The third kappa shape index (κ3) is 5.36. The number of nitrogens with one attached hydrogen (secondary N) is 1. The lowest BCUT2D eigenvalue weighted by molar-refractivity contribution is -0.138. The van der Waals surface area contributed by atoms with Gasteiger partial charge in [-0.3, -0.25) is 14.8 Å². The van der Waals surface area contributed by atoms with Gasteiger partial charge in [0.05, 0.1) is 19.2 Å². The second kappa shape index (κ2) is 6.29. The van der Waals surface area contributed by atoms with E-state index in [9.17, 15) is 4.79 Å². The molecule has 1 atom stereocenters. The van der Waals surface area contributed by atoms with Gasteiger partial charge in [0.1, 0.15) is 6.04 Å². The van der Waals surface area contributed by atoms with Gasteiger partial charge >= 0.3 is 5.97 Å². The van der Waals surface area contributed by atoms with E-state index >= 15 is 0 Å². The van der Waals surface area contributed by atoms with Crippen molar-refractivity contribution in [2.24, 2.45) is 15.7 Å². The molecule has 12 heavy (non-hydrogen) atoms. The molecule has 0 bridgehead atoms. The molecule has 6 nitrogen and oxygen atoms in total. The summed E-state index contributed by atoms with van der Waals surface area (Å²) in [6, 6.07) is -0.943. The van der Waals surface area contributed by atoms with Crippen LogP contribution in [-0.2, 0) is 4.79 Å². The predicted octanol–water partition coefficient (Wildman–Crippen LogP) is -1.33. The van der Waals surface area contributed by atoms with E-state index in [2.05, 4.69) is 15.3 Å². The molecule has 0 aromatic carbocycles. The number of hydrogen-bond donors (Lipinski definition) is 3. The maximum Gasteiger partial charge on any atom is 0.322 e.